The van der Waals surface area contributed by atoms with E-state index < -0.39 is 12.0 Å². The molecule has 1 fully saturated rings. The van der Waals surface area contributed by atoms with Crippen molar-refractivity contribution in [2.24, 2.45) is 0 Å². The molecule has 11 heteroatoms. The summed E-state index contributed by atoms with van der Waals surface area (Å²) in [6.45, 7) is 0.426. The van der Waals surface area contributed by atoms with Gasteiger partial charge in [0.25, 0.3) is 5.91 Å². The quantitative estimate of drug-likeness (QED) is 0.358. The number of carboxylic acids is 1. The zero-order chi connectivity index (χ0) is 26.8. The average molecular weight is 518 g/mol. The van der Waals surface area contributed by atoms with E-state index in [0.29, 0.717) is 65.2 Å². The molecule has 3 heterocycles. The van der Waals surface area contributed by atoms with Crippen LogP contribution in [-0.4, -0.2) is 70.3 Å². The van der Waals surface area contributed by atoms with Crippen molar-refractivity contribution < 1.29 is 28.9 Å². The molecule has 196 valence electrons. The lowest BCUT2D eigenvalue weighted by Crippen LogP contribution is -2.40. The van der Waals surface area contributed by atoms with Crippen molar-refractivity contribution in [1.29, 1.82) is 0 Å². The second-order valence-corrected chi connectivity index (χ2v) is 8.74. The van der Waals surface area contributed by atoms with E-state index in [0.717, 1.165) is 5.39 Å². The molecular weight excluding hydrogens is 490 g/mol. The van der Waals surface area contributed by atoms with Gasteiger partial charge in [-0.15, -0.1) is 0 Å². The summed E-state index contributed by atoms with van der Waals surface area (Å²) in [7, 11) is 4.62. The molecule has 0 saturated carbocycles. The van der Waals surface area contributed by atoms with E-state index in [1.165, 1.54) is 12.0 Å². The molecule has 4 aromatic rings. The van der Waals surface area contributed by atoms with Crippen molar-refractivity contribution in [3.63, 3.8) is 0 Å². The van der Waals surface area contributed by atoms with Crippen LogP contribution in [0.3, 0.4) is 0 Å². The first-order chi connectivity index (χ1) is 18.4. The van der Waals surface area contributed by atoms with Crippen molar-refractivity contribution in [3.05, 3.63) is 60.4 Å². The monoisotopic (exact) mass is 517 g/mol. The number of hydrogen-bond donors (Lipinski definition) is 2. The molecule has 0 aliphatic carbocycles. The molecule has 38 heavy (non-hydrogen) atoms. The van der Waals surface area contributed by atoms with Crippen molar-refractivity contribution in [2.45, 2.75) is 18.9 Å². The number of likely N-dealkylation sites (tertiary alicyclic amines) is 1. The molecule has 1 aliphatic rings. The van der Waals surface area contributed by atoms with E-state index in [1.54, 1.807) is 50.7 Å². The summed E-state index contributed by atoms with van der Waals surface area (Å²) in [4.78, 5) is 35.3. The Morgan fingerprint density at radius 3 is 2.50 bits per heavy atom. The van der Waals surface area contributed by atoms with Gasteiger partial charge in [-0.25, -0.2) is 9.78 Å². The van der Waals surface area contributed by atoms with E-state index in [-0.39, 0.29) is 5.91 Å². The van der Waals surface area contributed by atoms with E-state index >= 15 is 0 Å². The molecule has 1 amide bonds. The maximum Gasteiger partial charge on any atom is 0.326 e. The Morgan fingerprint density at radius 1 is 1.05 bits per heavy atom. The molecule has 11 nitrogen and oxygen atoms in total. The van der Waals surface area contributed by atoms with Crippen molar-refractivity contribution >= 4 is 34.5 Å². The highest BCUT2D eigenvalue weighted by molar-refractivity contribution is 5.97. The summed E-state index contributed by atoms with van der Waals surface area (Å²) in [5.41, 5.74) is 2.41. The number of amides is 1. The predicted molar refractivity (Wildman–Crippen MR) is 140 cm³/mol. The van der Waals surface area contributed by atoms with Crippen molar-refractivity contribution in [1.82, 2.24) is 19.4 Å². The zero-order valence-electron chi connectivity index (χ0n) is 21.2. The summed E-state index contributed by atoms with van der Waals surface area (Å²) in [6.07, 6.45) is 4.68. The number of nitrogens with zero attached hydrogens (tertiary/aromatic N) is 4. The van der Waals surface area contributed by atoms with Crippen LogP contribution in [0.2, 0.25) is 0 Å². The second kappa shape index (κ2) is 10.3. The van der Waals surface area contributed by atoms with Gasteiger partial charge in [-0.2, -0.15) is 4.98 Å². The minimum Gasteiger partial charge on any atom is -0.493 e. The molecular formula is C27H27N5O6. The fourth-order valence-electron chi connectivity index (χ4n) is 4.69. The molecule has 2 aromatic heterocycles. The minimum atomic E-state index is -0.979. The normalized spacial score (nSPS) is 14.9. The van der Waals surface area contributed by atoms with Gasteiger partial charge in [0.15, 0.2) is 11.5 Å². The summed E-state index contributed by atoms with van der Waals surface area (Å²) in [5, 5.41) is 13.5. The lowest BCUT2D eigenvalue weighted by molar-refractivity contribution is -0.141. The van der Waals surface area contributed by atoms with E-state index in [1.807, 2.05) is 22.9 Å². The van der Waals surface area contributed by atoms with Crippen LogP contribution in [0.1, 0.15) is 23.2 Å². The number of methoxy groups -OCH3 is 3. The van der Waals surface area contributed by atoms with E-state index in [4.69, 9.17) is 19.2 Å². The van der Waals surface area contributed by atoms with E-state index in [2.05, 4.69) is 10.3 Å². The molecule has 1 saturated heterocycles. The van der Waals surface area contributed by atoms with Crippen LogP contribution in [0.5, 0.6) is 17.2 Å². The highest BCUT2D eigenvalue weighted by Gasteiger charge is 2.34. The Hall–Kier alpha value is -4.80. The Labute approximate surface area is 218 Å². The fourth-order valence-corrected chi connectivity index (χ4v) is 4.69. The molecule has 2 aromatic carbocycles. The SMILES string of the molecule is COc1cc(Nc2ncc3ccn(-c4cccc(C(=O)N5CCCC5C(=O)O)c4)c3n2)cc(OC)c1OC. The summed E-state index contributed by atoms with van der Waals surface area (Å²) >= 11 is 0. The molecule has 0 bridgehead atoms. The van der Waals surface area contributed by atoms with Crippen LogP contribution in [0.4, 0.5) is 11.6 Å². The number of aromatic nitrogens is 3. The van der Waals surface area contributed by atoms with Crippen LogP contribution >= 0.6 is 0 Å². The van der Waals surface area contributed by atoms with Gasteiger partial charge >= 0.3 is 5.97 Å². The highest BCUT2D eigenvalue weighted by atomic mass is 16.5. The van der Waals surface area contributed by atoms with Gasteiger partial charge < -0.3 is 34.1 Å². The number of carboxylic acid groups (broad SMARTS) is 1. The van der Waals surface area contributed by atoms with Crippen molar-refractivity contribution in [2.75, 3.05) is 33.2 Å². The number of carbonyl (C=O) groups excluding carboxylic acids is 1. The van der Waals surface area contributed by atoms with Gasteiger partial charge in [0, 0.05) is 53.4 Å². The average Bonchev–Trinajstić information content (AvgIpc) is 3.60. The van der Waals surface area contributed by atoms with Crippen LogP contribution in [0.15, 0.2) is 54.9 Å². The molecule has 1 aliphatic heterocycles. The van der Waals surface area contributed by atoms with Gasteiger partial charge in [0.05, 0.1) is 21.3 Å². The highest BCUT2D eigenvalue weighted by Crippen LogP contribution is 2.40. The first-order valence-corrected chi connectivity index (χ1v) is 12.0. The van der Waals surface area contributed by atoms with Gasteiger partial charge in [0.1, 0.15) is 11.7 Å². The molecule has 1 atom stereocenters. The first kappa shape index (κ1) is 24.9. The van der Waals surface area contributed by atoms with Gasteiger partial charge in [0.2, 0.25) is 11.7 Å². The Balaban J connectivity index is 1.46. The lowest BCUT2D eigenvalue weighted by atomic mass is 10.1. The summed E-state index contributed by atoms with van der Waals surface area (Å²) in [6, 6.07) is 11.7. The third kappa shape index (κ3) is 4.54. The first-order valence-electron chi connectivity index (χ1n) is 12.0. The maximum atomic E-state index is 13.1. The Morgan fingerprint density at radius 2 is 1.82 bits per heavy atom. The summed E-state index contributed by atoms with van der Waals surface area (Å²) in [5.74, 6) is 0.524. The van der Waals surface area contributed by atoms with Crippen LogP contribution < -0.4 is 19.5 Å². The third-order valence-electron chi connectivity index (χ3n) is 6.52. The number of fused-ring (bicyclic) bond motifs is 1. The second-order valence-electron chi connectivity index (χ2n) is 8.74. The van der Waals surface area contributed by atoms with E-state index in [9.17, 15) is 14.7 Å². The van der Waals surface area contributed by atoms with Gasteiger partial charge in [-0.1, -0.05) is 6.07 Å². The largest absolute Gasteiger partial charge is 0.493 e. The standard InChI is InChI=1S/C27H27N5O6/c1-36-21-13-18(14-22(37-2)23(21)38-3)29-27-28-15-17-9-11-31(24(17)30-27)19-7-4-6-16(12-19)25(33)32-10-5-8-20(32)26(34)35/h4,6-7,9,11-15,20H,5,8,10H2,1-3H3,(H,34,35)(H,28,29,30). The summed E-state index contributed by atoms with van der Waals surface area (Å²) < 4.78 is 18.1. The number of anilines is 2. The smallest absolute Gasteiger partial charge is 0.326 e. The van der Waals surface area contributed by atoms with Crippen molar-refractivity contribution in [3.8, 4) is 22.9 Å². The minimum absolute atomic E-state index is 0.299. The third-order valence-corrected chi connectivity index (χ3v) is 6.52. The predicted octanol–water partition coefficient (Wildman–Crippen LogP) is 3.88. The number of hydrogen-bond acceptors (Lipinski definition) is 8. The molecule has 0 radical (unpaired) electrons. The number of aliphatic carboxylic acids is 1. The van der Waals surface area contributed by atoms with Gasteiger partial charge in [-0.3, -0.25) is 4.79 Å². The van der Waals surface area contributed by atoms with Crippen LogP contribution in [0.25, 0.3) is 16.7 Å². The number of rotatable bonds is 8. The lowest BCUT2D eigenvalue weighted by Gasteiger charge is -2.21. The number of carbonyl (C=O) groups is 2. The van der Waals surface area contributed by atoms with Crippen LogP contribution in [-0.2, 0) is 4.79 Å². The fraction of sp³-hybridized carbons (Fsp3) is 0.259. The molecule has 2 N–H and O–H groups in total. The number of ether oxygens (including phenoxy) is 3. The Kier molecular flexibility index (Phi) is 6.73. The topological polar surface area (TPSA) is 128 Å². The number of nitrogens with one attached hydrogen (secondary N) is 1. The maximum absolute atomic E-state index is 13.1. The molecule has 1 unspecified atom stereocenters. The molecule has 0 spiro atoms. The Bertz CT molecular complexity index is 1490. The van der Waals surface area contributed by atoms with Gasteiger partial charge in [-0.05, 0) is 37.1 Å². The number of benzene rings is 2. The van der Waals surface area contributed by atoms with Crippen LogP contribution in [0, 0.1) is 0 Å². The molecule has 5 rings (SSSR count). The zero-order valence-corrected chi connectivity index (χ0v) is 21.2.